The smallest absolute Gasteiger partial charge is 0.243 e. The summed E-state index contributed by atoms with van der Waals surface area (Å²) < 4.78 is 0. The van der Waals surface area contributed by atoms with Crippen LogP contribution in [-0.2, 0) is 9.59 Å². The molecule has 0 aliphatic rings. The number of amides is 2. The summed E-state index contributed by atoms with van der Waals surface area (Å²) in [5.41, 5.74) is 0.970. The Bertz CT molecular complexity index is 307. The van der Waals surface area contributed by atoms with Crippen LogP contribution in [0, 0.1) is 0 Å². The second-order valence-corrected chi connectivity index (χ2v) is 3.15. The van der Waals surface area contributed by atoms with Gasteiger partial charge in [0.15, 0.2) is 0 Å². The SMILES string of the molecule is C=C/C=C(\C=C/C)CC(NC)C(=O)NC=O.CC. The van der Waals surface area contributed by atoms with E-state index in [1.165, 1.54) is 0 Å². The summed E-state index contributed by atoms with van der Waals surface area (Å²) in [7, 11) is 1.68. The van der Waals surface area contributed by atoms with E-state index >= 15 is 0 Å². The van der Waals surface area contributed by atoms with E-state index in [9.17, 15) is 9.59 Å². The molecule has 0 aliphatic heterocycles. The second kappa shape index (κ2) is 13.4. The monoisotopic (exact) mass is 252 g/mol. The Hall–Kier alpha value is -1.68. The van der Waals surface area contributed by atoms with E-state index in [1.807, 2.05) is 39.0 Å². The molecule has 1 unspecified atom stereocenters. The Morgan fingerprint density at radius 1 is 1.39 bits per heavy atom. The molecule has 0 aromatic heterocycles. The molecular weight excluding hydrogens is 228 g/mol. The fourth-order valence-electron chi connectivity index (χ4n) is 1.28. The highest BCUT2D eigenvalue weighted by Gasteiger charge is 2.16. The van der Waals surface area contributed by atoms with Crippen LogP contribution in [0.3, 0.4) is 0 Å². The lowest BCUT2D eigenvalue weighted by Gasteiger charge is -2.14. The number of hydrogen-bond donors (Lipinski definition) is 2. The predicted octanol–water partition coefficient (Wildman–Crippen LogP) is 1.95. The molecule has 0 fully saturated rings. The largest absolute Gasteiger partial charge is 0.309 e. The molecule has 0 rings (SSSR count). The normalized spacial score (nSPS) is 12.3. The third kappa shape index (κ3) is 8.47. The Kier molecular flexibility index (Phi) is 13.9. The molecule has 0 bridgehead atoms. The summed E-state index contributed by atoms with van der Waals surface area (Å²) in [6.45, 7) is 9.51. The summed E-state index contributed by atoms with van der Waals surface area (Å²) in [6, 6.07) is -0.424. The lowest BCUT2D eigenvalue weighted by atomic mass is 10.0. The lowest BCUT2D eigenvalue weighted by Crippen LogP contribution is -2.42. The van der Waals surface area contributed by atoms with E-state index in [-0.39, 0.29) is 5.91 Å². The van der Waals surface area contributed by atoms with Crippen LogP contribution in [0.25, 0.3) is 0 Å². The van der Waals surface area contributed by atoms with Crippen molar-refractivity contribution in [2.75, 3.05) is 7.05 Å². The zero-order chi connectivity index (χ0) is 14.4. The quantitative estimate of drug-likeness (QED) is 0.538. The fraction of sp³-hybridized carbons (Fsp3) is 0.429. The van der Waals surface area contributed by atoms with Crippen LogP contribution >= 0.6 is 0 Å². The van der Waals surface area contributed by atoms with E-state index in [1.54, 1.807) is 13.1 Å². The molecule has 0 saturated carbocycles. The molecular formula is C14H24N2O2. The van der Waals surface area contributed by atoms with Crippen molar-refractivity contribution in [1.82, 2.24) is 10.6 Å². The van der Waals surface area contributed by atoms with Crippen molar-refractivity contribution in [2.45, 2.75) is 33.2 Å². The first-order chi connectivity index (χ1) is 8.69. The van der Waals surface area contributed by atoms with Crippen LogP contribution in [0.15, 0.2) is 36.5 Å². The molecule has 4 nitrogen and oxygen atoms in total. The van der Waals surface area contributed by atoms with Gasteiger partial charge in [-0.05, 0) is 26.0 Å². The van der Waals surface area contributed by atoms with Crippen molar-refractivity contribution in [3.63, 3.8) is 0 Å². The van der Waals surface area contributed by atoms with Gasteiger partial charge in [-0.3, -0.25) is 14.9 Å². The fourth-order valence-corrected chi connectivity index (χ4v) is 1.28. The summed E-state index contributed by atoms with van der Waals surface area (Å²) in [5.74, 6) is -0.336. The maximum Gasteiger partial charge on any atom is 0.243 e. The number of carbonyl (C=O) groups is 2. The third-order valence-corrected chi connectivity index (χ3v) is 2.02. The molecule has 0 aromatic carbocycles. The first kappa shape index (κ1) is 18.7. The minimum atomic E-state index is -0.424. The number of likely N-dealkylation sites (N-methyl/N-ethyl adjacent to an activating group) is 1. The Morgan fingerprint density at radius 2 is 2.00 bits per heavy atom. The van der Waals surface area contributed by atoms with Gasteiger partial charge in [-0.25, -0.2) is 0 Å². The van der Waals surface area contributed by atoms with Crippen molar-refractivity contribution < 1.29 is 9.59 Å². The number of nitrogens with one attached hydrogen (secondary N) is 2. The average Bonchev–Trinajstić information content (AvgIpc) is 2.39. The van der Waals surface area contributed by atoms with Crippen LogP contribution < -0.4 is 10.6 Å². The van der Waals surface area contributed by atoms with Crippen molar-refractivity contribution in [1.29, 1.82) is 0 Å². The van der Waals surface area contributed by atoms with Crippen molar-refractivity contribution in [2.24, 2.45) is 0 Å². The van der Waals surface area contributed by atoms with E-state index < -0.39 is 6.04 Å². The second-order valence-electron chi connectivity index (χ2n) is 3.15. The minimum absolute atomic E-state index is 0.336. The molecule has 102 valence electrons. The molecule has 18 heavy (non-hydrogen) atoms. The van der Waals surface area contributed by atoms with Gasteiger partial charge < -0.3 is 5.32 Å². The van der Waals surface area contributed by atoms with Crippen LogP contribution in [0.4, 0.5) is 0 Å². The first-order valence-electron chi connectivity index (χ1n) is 6.05. The van der Waals surface area contributed by atoms with Gasteiger partial charge >= 0.3 is 0 Å². The van der Waals surface area contributed by atoms with E-state index in [2.05, 4.69) is 17.2 Å². The Balaban J connectivity index is 0. The predicted molar refractivity (Wildman–Crippen MR) is 76.1 cm³/mol. The molecule has 0 spiro atoms. The van der Waals surface area contributed by atoms with Gasteiger partial charge in [0.2, 0.25) is 12.3 Å². The van der Waals surface area contributed by atoms with Crippen LogP contribution in [-0.4, -0.2) is 25.4 Å². The van der Waals surface area contributed by atoms with Gasteiger partial charge in [-0.15, -0.1) is 0 Å². The number of allylic oxidation sites excluding steroid dienone is 4. The first-order valence-corrected chi connectivity index (χ1v) is 6.05. The van der Waals surface area contributed by atoms with Crippen LogP contribution in [0.5, 0.6) is 0 Å². The third-order valence-electron chi connectivity index (χ3n) is 2.02. The van der Waals surface area contributed by atoms with E-state index in [4.69, 9.17) is 0 Å². The maximum absolute atomic E-state index is 11.4. The number of carbonyl (C=O) groups excluding carboxylic acids is 2. The standard InChI is InChI=1S/C12H18N2O2.C2H6/c1-4-6-10(7-5-2)8-11(13-3)12(16)14-9-15;1-2/h4-7,9,11,13H,1,8H2,2-3H3,(H,14,15,16);1-2H3/b7-5-,10-6+;. The van der Waals surface area contributed by atoms with Gasteiger partial charge in [0.25, 0.3) is 0 Å². The topological polar surface area (TPSA) is 58.2 Å². The molecule has 2 amide bonds. The van der Waals surface area contributed by atoms with Gasteiger partial charge in [-0.1, -0.05) is 44.7 Å². The molecule has 1 atom stereocenters. The molecule has 0 aromatic rings. The minimum Gasteiger partial charge on any atom is -0.309 e. The summed E-state index contributed by atoms with van der Waals surface area (Å²) >= 11 is 0. The van der Waals surface area contributed by atoms with E-state index in [0.717, 1.165) is 5.57 Å². The maximum atomic E-state index is 11.4. The van der Waals surface area contributed by atoms with Gasteiger partial charge in [0, 0.05) is 0 Å². The Labute approximate surface area is 110 Å². The Morgan fingerprint density at radius 3 is 2.39 bits per heavy atom. The van der Waals surface area contributed by atoms with Crippen LogP contribution in [0.2, 0.25) is 0 Å². The number of rotatable bonds is 7. The van der Waals surface area contributed by atoms with Gasteiger partial charge in [-0.2, -0.15) is 0 Å². The van der Waals surface area contributed by atoms with Gasteiger partial charge in [0.1, 0.15) is 0 Å². The number of hydrogen-bond acceptors (Lipinski definition) is 3. The molecule has 0 saturated heterocycles. The van der Waals surface area contributed by atoms with Crippen molar-refractivity contribution in [3.8, 4) is 0 Å². The average molecular weight is 252 g/mol. The molecule has 0 heterocycles. The number of imide groups is 1. The van der Waals surface area contributed by atoms with Gasteiger partial charge in [0.05, 0.1) is 6.04 Å². The molecule has 0 aliphatic carbocycles. The van der Waals surface area contributed by atoms with Crippen LogP contribution in [0.1, 0.15) is 27.2 Å². The molecule has 4 heteroatoms. The zero-order valence-electron chi connectivity index (χ0n) is 11.7. The highest BCUT2D eigenvalue weighted by molar-refractivity contribution is 5.90. The summed E-state index contributed by atoms with van der Waals surface area (Å²) in [6.07, 6.45) is 8.18. The summed E-state index contributed by atoms with van der Waals surface area (Å²) in [5, 5.41) is 4.98. The molecule has 0 radical (unpaired) electrons. The summed E-state index contributed by atoms with van der Waals surface area (Å²) in [4.78, 5) is 21.6. The molecule has 2 N–H and O–H groups in total. The van der Waals surface area contributed by atoms with Crippen molar-refractivity contribution >= 4 is 12.3 Å². The van der Waals surface area contributed by atoms with Crippen molar-refractivity contribution in [3.05, 3.63) is 36.5 Å². The lowest BCUT2D eigenvalue weighted by molar-refractivity contribution is -0.126. The zero-order valence-corrected chi connectivity index (χ0v) is 11.7. The highest BCUT2D eigenvalue weighted by Crippen LogP contribution is 2.08. The van der Waals surface area contributed by atoms with E-state index in [0.29, 0.717) is 12.8 Å². The highest BCUT2D eigenvalue weighted by atomic mass is 16.2.